The van der Waals surface area contributed by atoms with Gasteiger partial charge in [-0.25, -0.2) is 4.57 Å². The summed E-state index contributed by atoms with van der Waals surface area (Å²) in [6.07, 6.45) is -0.524. The number of hydrogen-bond acceptors (Lipinski definition) is 8. The van der Waals surface area contributed by atoms with E-state index in [4.69, 9.17) is 34.9 Å². The molecule has 0 saturated carbocycles. The van der Waals surface area contributed by atoms with Crippen LogP contribution in [0.3, 0.4) is 0 Å². The van der Waals surface area contributed by atoms with Crippen molar-refractivity contribution >= 4 is 25.4 Å². The van der Waals surface area contributed by atoms with Crippen LogP contribution in [0.5, 0.6) is 0 Å². The van der Waals surface area contributed by atoms with Crippen LogP contribution in [0.15, 0.2) is 4.99 Å². The summed E-state index contributed by atoms with van der Waals surface area (Å²) in [7, 11) is -1.22. The summed E-state index contributed by atoms with van der Waals surface area (Å²) >= 11 is 0. The Morgan fingerprint density at radius 1 is 1.31 bits per heavy atom. The van der Waals surface area contributed by atoms with Gasteiger partial charge in [0, 0.05) is 26.6 Å². The van der Waals surface area contributed by atoms with Gasteiger partial charge in [0.25, 0.3) is 0 Å². The van der Waals surface area contributed by atoms with E-state index in [0.29, 0.717) is 6.42 Å². The lowest BCUT2D eigenvalue weighted by Gasteiger charge is -2.32. The lowest BCUT2D eigenvalue weighted by atomic mass is 9.88. The molecule has 26 heavy (non-hydrogen) atoms. The minimum Gasteiger partial charge on any atom is -0.484 e. The van der Waals surface area contributed by atoms with Crippen LogP contribution in [0, 0.1) is 16.2 Å². The predicted molar refractivity (Wildman–Crippen MR) is 102 cm³/mol. The summed E-state index contributed by atoms with van der Waals surface area (Å²) in [4.78, 5) is 4.19. The van der Waals surface area contributed by atoms with Crippen LogP contribution in [0.2, 0.25) is 0 Å². The van der Waals surface area contributed by atoms with Gasteiger partial charge in [-0.3, -0.25) is 29.4 Å². The van der Waals surface area contributed by atoms with Gasteiger partial charge in [0.1, 0.15) is 11.9 Å². The second kappa shape index (κ2) is 11.3. The summed E-state index contributed by atoms with van der Waals surface area (Å²) in [5.74, 6) is 0.498. The zero-order valence-corrected chi connectivity index (χ0v) is 17.3. The fraction of sp³-hybridized carbons (Fsp3) is 0.800. The van der Waals surface area contributed by atoms with Gasteiger partial charge in [-0.2, -0.15) is 0 Å². The van der Waals surface area contributed by atoms with Crippen LogP contribution in [-0.2, 0) is 22.9 Å². The molecule has 2 atom stereocenters. The quantitative estimate of drug-likeness (QED) is 0.182. The molecule has 0 spiro atoms. The van der Waals surface area contributed by atoms with Crippen LogP contribution < -0.4 is 11.1 Å². The molecule has 10 nitrogen and oxygen atoms in total. The molecular formula is C15H32N5O5P. The molecule has 0 aromatic heterocycles. The smallest absolute Gasteiger partial charge is 0.475 e. The highest BCUT2D eigenvalue weighted by Crippen LogP contribution is 2.51. The molecule has 152 valence electrons. The molecule has 0 aliphatic rings. The van der Waals surface area contributed by atoms with Gasteiger partial charge in [-0.05, 0) is 12.3 Å². The van der Waals surface area contributed by atoms with E-state index < -0.39 is 19.3 Å². The number of phosphoric ester groups is 1. The van der Waals surface area contributed by atoms with Gasteiger partial charge in [-0.1, -0.05) is 20.8 Å². The van der Waals surface area contributed by atoms with E-state index in [2.05, 4.69) is 10.3 Å². The molecule has 0 heterocycles. The number of phosphoric acid groups is 1. The summed E-state index contributed by atoms with van der Waals surface area (Å²) in [6, 6.07) is 0. The maximum Gasteiger partial charge on any atom is 0.475 e. The maximum atomic E-state index is 12.7. The molecule has 0 amide bonds. The SMILES string of the molecule is COC(=N)CCN=C(N)[C@H](O[P@](=O)(OC)OCCNC(C)=N)C(C)(C)C. The number of amidine groups is 2. The summed E-state index contributed by atoms with van der Waals surface area (Å²) < 4.78 is 33.3. The Kier molecular flexibility index (Phi) is 10.6. The van der Waals surface area contributed by atoms with Crippen LogP contribution in [-0.4, -0.2) is 57.6 Å². The second-order valence-electron chi connectivity index (χ2n) is 6.55. The number of hydrogen-bond donors (Lipinski definition) is 4. The van der Waals surface area contributed by atoms with Gasteiger partial charge in [0.05, 0.1) is 19.6 Å². The van der Waals surface area contributed by atoms with E-state index in [1.807, 2.05) is 20.8 Å². The number of nitrogens with one attached hydrogen (secondary N) is 3. The molecule has 0 aliphatic carbocycles. The molecule has 5 N–H and O–H groups in total. The zero-order chi connectivity index (χ0) is 20.4. The van der Waals surface area contributed by atoms with E-state index in [-0.39, 0.29) is 37.3 Å². The zero-order valence-electron chi connectivity index (χ0n) is 16.4. The van der Waals surface area contributed by atoms with Crippen molar-refractivity contribution in [3.63, 3.8) is 0 Å². The third-order valence-electron chi connectivity index (χ3n) is 3.13. The van der Waals surface area contributed by atoms with Crippen LogP contribution in [0.1, 0.15) is 34.1 Å². The molecule has 0 bridgehead atoms. The van der Waals surface area contributed by atoms with Crippen molar-refractivity contribution in [2.45, 2.75) is 40.2 Å². The van der Waals surface area contributed by atoms with E-state index in [9.17, 15) is 4.57 Å². The molecule has 0 fully saturated rings. The van der Waals surface area contributed by atoms with E-state index in [1.54, 1.807) is 6.92 Å². The highest BCUT2D eigenvalue weighted by Gasteiger charge is 2.38. The molecular weight excluding hydrogens is 361 g/mol. The molecule has 11 heteroatoms. The Morgan fingerprint density at radius 3 is 2.38 bits per heavy atom. The minimum absolute atomic E-state index is 0.0280. The first-order valence-corrected chi connectivity index (χ1v) is 9.60. The number of nitrogens with zero attached hydrogens (tertiary/aromatic N) is 1. The van der Waals surface area contributed by atoms with Gasteiger partial charge in [0.15, 0.2) is 5.90 Å². The number of aliphatic imine (C=N–C) groups is 1. The third-order valence-corrected chi connectivity index (χ3v) is 4.55. The Balaban J connectivity index is 5.05. The summed E-state index contributed by atoms with van der Waals surface area (Å²) in [5.41, 5.74) is 5.51. The monoisotopic (exact) mass is 393 g/mol. The van der Waals surface area contributed by atoms with E-state index >= 15 is 0 Å². The third kappa shape index (κ3) is 9.86. The number of methoxy groups -OCH3 is 1. The molecule has 0 radical (unpaired) electrons. The first kappa shape index (κ1) is 24.5. The number of rotatable bonds is 11. The van der Waals surface area contributed by atoms with Crippen LogP contribution in [0.4, 0.5) is 0 Å². The minimum atomic E-state index is -3.86. The van der Waals surface area contributed by atoms with Crippen molar-refractivity contribution in [3.05, 3.63) is 0 Å². The highest BCUT2D eigenvalue weighted by atomic mass is 31.2. The topological polar surface area (TPSA) is 152 Å². The normalized spacial score (nSPS) is 15.8. The first-order valence-electron chi connectivity index (χ1n) is 8.14. The maximum absolute atomic E-state index is 12.7. The summed E-state index contributed by atoms with van der Waals surface area (Å²) in [5, 5.41) is 17.5. The molecule has 0 saturated heterocycles. The Morgan fingerprint density at radius 2 is 1.92 bits per heavy atom. The predicted octanol–water partition coefficient (Wildman–Crippen LogP) is 2.15. The van der Waals surface area contributed by atoms with Crippen molar-refractivity contribution in [3.8, 4) is 0 Å². The van der Waals surface area contributed by atoms with Crippen molar-refractivity contribution in [1.29, 1.82) is 10.8 Å². The average molecular weight is 393 g/mol. The standard InChI is InChI=1S/C15H32N5O5P/c1-11(16)19-9-10-24-26(21,23-6)25-13(15(2,3)4)14(18)20-8-7-12(17)22-5/h13,17H,7-10H2,1-6H3,(H2,16,19)(H2,18,20)/t13-,26+/m0/s1. The fourth-order valence-corrected chi connectivity index (χ4v) is 3.03. The Bertz CT molecular complexity index is 547. The Labute approximate surface area is 155 Å². The molecule has 0 aromatic rings. The average Bonchev–Trinajstić information content (AvgIpc) is 2.55. The van der Waals surface area contributed by atoms with Gasteiger partial charge in [0.2, 0.25) is 0 Å². The molecule has 0 aromatic carbocycles. The largest absolute Gasteiger partial charge is 0.484 e. The number of ether oxygens (including phenoxy) is 1. The van der Waals surface area contributed by atoms with E-state index in [0.717, 1.165) is 0 Å². The Hall–Kier alpha value is -1.48. The first-order chi connectivity index (χ1) is 11.9. The second-order valence-corrected chi connectivity index (χ2v) is 8.28. The van der Waals surface area contributed by atoms with Crippen molar-refractivity contribution in [2.24, 2.45) is 16.1 Å². The molecule has 0 aliphatic heterocycles. The van der Waals surface area contributed by atoms with Crippen molar-refractivity contribution in [1.82, 2.24) is 5.32 Å². The summed E-state index contributed by atoms with van der Waals surface area (Å²) in [6.45, 7) is 7.72. The van der Waals surface area contributed by atoms with Crippen molar-refractivity contribution in [2.75, 3.05) is 33.9 Å². The van der Waals surface area contributed by atoms with Crippen molar-refractivity contribution < 1.29 is 22.9 Å². The lowest BCUT2D eigenvalue weighted by molar-refractivity contribution is 0.0700. The van der Waals surface area contributed by atoms with Gasteiger partial charge >= 0.3 is 7.82 Å². The van der Waals surface area contributed by atoms with E-state index in [1.165, 1.54) is 14.2 Å². The lowest BCUT2D eigenvalue weighted by Crippen LogP contribution is -2.41. The highest BCUT2D eigenvalue weighted by molar-refractivity contribution is 7.48. The van der Waals surface area contributed by atoms with Crippen LogP contribution >= 0.6 is 7.82 Å². The van der Waals surface area contributed by atoms with Crippen LogP contribution in [0.25, 0.3) is 0 Å². The molecule has 0 rings (SSSR count). The van der Waals surface area contributed by atoms with Gasteiger partial charge in [-0.15, -0.1) is 0 Å². The molecule has 0 unspecified atom stereocenters. The fourth-order valence-electron chi connectivity index (χ4n) is 1.78. The van der Waals surface area contributed by atoms with Gasteiger partial charge < -0.3 is 15.8 Å². The number of nitrogens with two attached hydrogens (primary N) is 1.